The van der Waals surface area contributed by atoms with Gasteiger partial charge in [-0.1, -0.05) is 0 Å². The average Bonchev–Trinajstić information content (AvgIpc) is 2.65. The highest BCUT2D eigenvalue weighted by molar-refractivity contribution is 5.79. The van der Waals surface area contributed by atoms with Crippen molar-refractivity contribution in [2.24, 2.45) is 5.73 Å². The minimum atomic E-state index is -0.424. The van der Waals surface area contributed by atoms with Crippen molar-refractivity contribution < 1.29 is 14.3 Å². The van der Waals surface area contributed by atoms with Crippen molar-refractivity contribution in [3.8, 4) is 0 Å². The number of ketones is 1. The highest BCUT2D eigenvalue weighted by Crippen LogP contribution is 1.92. The van der Waals surface area contributed by atoms with Gasteiger partial charge in [-0.15, -0.1) is 10.2 Å². The molecular formula is C8H13N5O3. The smallest absolute Gasteiger partial charge is 0.313 e. The van der Waals surface area contributed by atoms with Crippen LogP contribution in [-0.4, -0.2) is 45.1 Å². The summed E-state index contributed by atoms with van der Waals surface area (Å²) in [7, 11) is 0. The Bertz CT molecular complexity index is 376. The van der Waals surface area contributed by atoms with Crippen molar-refractivity contribution >= 4 is 11.8 Å². The largest absolute Gasteiger partial charge is 0.466 e. The van der Waals surface area contributed by atoms with Crippen LogP contribution in [0.2, 0.25) is 0 Å². The highest BCUT2D eigenvalue weighted by Gasteiger charge is 2.10. The van der Waals surface area contributed by atoms with Crippen LogP contribution in [-0.2, 0) is 27.3 Å². The fourth-order valence-corrected chi connectivity index (χ4v) is 0.978. The summed E-state index contributed by atoms with van der Waals surface area (Å²) in [6, 6.07) is 0. The Morgan fingerprint density at radius 2 is 2.25 bits per heavy atom. The number of tetrazole rings is 1. The number of Topliss-reactive ketones (excluding diaryl/α,β-unsaturated/α-hetero) is 1. The van der Waals surface area contributed by atoms with Gasteiger partial charge in [0, 0.05) is 0 Å². The molecule has 16 heavy (non-hydrogen) atoms. The minimum absolute atomic E-state index is 0.0354. The Morgan fingerprint density at radius 3 is 2.88 bits per heavy atom. The minimum Gasteiger partial charge on any atom is -0.466 e. The zero-order valence-electron chi connectivity index (χ0n) is 8.92. The summed E-state index contributed by atoms with van der Waals surface area (Å²) in [6.45, 7) is 1.90. The fraction of sp³-hybridized carbons (Fsp3) is 0.625. The first-order chi connectivity index (χ1) is 7.65. The van der Waals surface area contributed by atoms with Gasteiger partial charge >= 0.3 is 5.97 Å². The maximum Gasteiger partial charge on any atom is 0.313 e. The SMILES string of the molecule is CCOC(=O)Cc1nnn(CC(=O)CN)n1. The summed E-state index contributed by atoms with van der Waals surface area (Å²) in [4.78, 5) is 23.1. The topological polar surface area (TPSA) is 113 Å². The Kier molecular flexibility index (Phi) is 4.52. The molecule has 0 aromatic carbocycles. The molecule has 0 atom stereocenters. The van der Waals surface area contributed by atoms with E-state index in [1.54, 1.807) is 6.92 Å². The van der Waals surface area contributed by atoms with Crippen LogP contribution in [0.3, 0.4) is 0 Å². The number of nitrogens with two attached hydrogens (primary N) is 1. The van der Waals surface area contributed by atoms with Crippen LogP contribution in [0, 0.1) is 0 Å². The van der Waals surface area contributed by atoms with Crippen molar-refractivity contribution in [2.75, 3.05) is 13.2 Å². The summed E-state index contributed by atoms with van der Waals surface area (Å²) in [6.07, 6.45) is -0.0509. The van der Waals surface area contributed by atoms with E-state index in [-0.39, 0.29) is 31.1 Å². The summed E-state index contributed by atoms with van der Waals surface area (Å²) in [5.41, 5.74) is 5.13. The van der Waals surface area contributed by atoms with E-state index < -0.39 is 5.97 Å². The van der Waals surface area contributed by atoms with Crippen LogP contribution in [0.15, 0.2) is 0 Å². The van der Waals surface area contributed by atoms with Crippen LogP contribution in [0.4, 0.5) is 0 Å². The first-order valence-electron chi connectivity index (χ1n) is 4.79. The van der Waals surface area contributed by atoms with E-state index in [1.807, 2.05) is 0 Å². The van der Waals surface area contributed by atoms with E-state index in [0.717, 1.165) is 4.80 Å². The summed E-state index contributed by atoms with van der Waals surface area (Å²) in [5.74, 6) is -0.407. The van der Waals surface area contributed by atoms with Gasteiger partial charge in [-0.2, -0.15) is 4.80 Å². The Morgan fingerprint density at radius 1 is 1.50 bits per heavy atom. The summed E-state index contributed by atoms with van der Waals surface area (Å²) < 4.78 is 4.71. The first kappa shape index (κ1) is 12.2. The summed E-state index contributed by atoms with van der Waals surface area (Å²) >= 11 is 0. The number of nitrogens with zero attached hydrogens (tertiary/aromatic N) is 4. The van der Waals surface area contributed by atoms with Crippen molar-refractivity contribution in [1.29, 1.82) is 0 Å². The Hall–Kier alpha value is -1.83. The molecule has 8 heteroatoms. The molecule has 1 heterocycles. The number of esters is 1. The third-order valence-corrected chi connectivity index (χ3v) is 1.65. The van der Waals surface area contributed by atoms with Gasteiger partial charge in [0.25, 0.3) is 0 Å². The number of hydrogen-bond acceptors (Lipinski definition) is 7. The Balaban J connectivity index is 2.51. The van der Waals surface area contributed by atoms with Gasteiger partial charge < -0.3 is 10.5 Å². The lowest BCUT2D eigenvalue weighted by Crippen LogP contribution is -2.21. The van der Waals surface area contributed by atoms with Crippen LogP contribution in [0.25, 0.3) is 0 Å². The zero-order chi connectivity index (χ0) is 12.0. The van der Waals surface area contributed by atoms with Crippen molar-refractivity contribution in [1.82, 2.24) is 20.2 Å². The van der Waals surface area contributed by atoms with Gasteiger partial charge in [0.2, 0.25) is 0 Å². The van der Waals surface area contributed by atoms with Crippen LogP contribution in [0.5, 0.6) is 0 Å². The lowest BCUT2D eigenvalue weighted by Gasteiger charge is -1.97. The van der Waals surface area contributed by atoms with Crippen molar-refractivity contribution in [2.45, 2.75) is 19.9 Å². The second-order valence-electron chi connectivity index (χ2n) is 2.96. The predicted molar refractivity (Wildman–Crippen MR) is 52.2 cm³/mol. The highest BCUT2D eigenvalue weighted by atomic mass is 16.5. The molecule has 0 aliphatic heterocycles. The third kappa shape index (κ3) is 3.73. The molecule has 1 aromatic heterocycles. The average molecular weight is 227 g/mol. The molecule has 88 valence electrons. The molecule has 0 amide bonds. The van der Waals surface area contributed by atoms with Gasteiger partial charge in [-0.3, -0.25) is 9.59 Å². The molecule has 0 unspecified atom stereocenters. The molecule has 8 nitrogen and oxygen atoms in total. The van der Waals surface area contributed by atoms with E-state index in [2.05, 4.69) is 15.4 Å². The number of ether oxygens (including phenoxy) is 1. The summed E-state index contributed by atoms with van der Waals surface area (Å²) in [5, 5.41) is 11.1. The number of carbonyl (C=O) groups is 2. The Labute approximate surface area is 91.7 Å². The van der Waals surface area contributed by atoms with Crippen LogP contribution in [0.1, 0.15) is 12.7 Å². The zero-order valence-corrected chi connectivity index (χ0v) is 8.92. The van der Waals surface area contributed by atoms with E-state index in [9.17, 15) is 9.59 Å². The monoisotopic (exact) mass is 227 g/mol. The molecule has 0 aliphatic carbocycles. The number of aromatic nitrogens is 4. The van der Waals surface area contributed by atoms with E-state index in [4.69, 9.17) is 10.5 Å². The second kappa shape index (κ2) is 5.91. The fourth-order valence-electron chi connectivity index (χ4n) is 0.978. The second-order valence-corrected chi connectivity index (χ2v) is 2.96. The molecule has 0 fully saturated rings. The van der Waals surface area contributed by atoms with E-state index >= 15 is 0 Å². The molecule has 0 bridgehead atoms. The quantitative estimate of drug-likeness (QED) is 0.576. The molecular weight excluding hydrogens is 214 g/mol. The molecule has 2 N–H and O–H groups in total. The maximum atomic E-state index is 11.1. The van der Waals surface area contributed by atoms with E-state index in [1.165, 1.54) is 0 Å². The van der Waals surface area contributed by atoms with Crippen LogP contribution < -0.4 is 5.73 Å². The van der Waals surface area contributed by atoms with Crippen molar-refractivity contribution in [3.05, 3.63) is 5.82 Å². The molecule has 0 spiro atoms. The maximum absolute atomic E-state index is 11.1. The van der Waals surface area contributed by atoms with Crippen LogP contribution >= 0.6 is 0 Å². The lowest BCUT2D eigenvalue weighted by molar-refractivity contribution is -0.142. The molecule has 1 aromatic rings. The van der Waals surface area contributed by atoms with E-state index in [0.29, 0.717) is 6.61 Å². The first-order valence-corrected chi connectivity index (χ1v) is 4.79. The number of hydrogen-bond donors (Lipinski definition) is 1. The molecule has 0 radical (unpaired) electrons. The number of rotatable bonds is 6. The van der Waals surface area contributed by atoms with Gasteiger partial charge in [0.15, 0.2) is 11.6 Å². The van der Waals surface area contributed by atoms with Gasteiger partial charge in [0.1, 0.15) is 13.0 Å². The number of carbonyl (C=O) groups excluding carboxylic acids is 2. The van der Waals surface area contributed by atoms with Gasteiger partial charge in [-0.25, -0.2) is 0 Å². The molecule has 0 aliphatic rings. The van der Waals surface area contributed by atoms with Gasteiger partial charge in [-0.05, 0) is 12.1 Å². The van der Waals surface area contributed by atoms with Crippen molar-refractivity contribution in [3.63, 3.8) is 0 Å². The lowest BCUT2D eigenvalue weighted by atomic mass is 10.4. The molecule has 0 saturated heterocycles. The van der Waals surface area contributed by atoms with Gasteiger partial charge in [0.05, 0.1) is 13.2 Å². The standard InChI is InChI=1S/C8H13N5O3/c1-2-16-8(15)3-7-10-12-13(11-7)5-6(14)4-9/h2-5,9H2,1H3. The molecule has 0 saturated carbocycles. The third-order valence-electron chi connectivity index (χ3n) is 1.65. The molecule has 1 rings (SSSR count). The normalized spacial score (nSPS) is 10.1. The predicted octanol–water partition coefficient (Wildman–Crippen LogP) is -1.69.